The number of benzene rings is 2. The molecule has 0 radical (unpaired) electrons. The lowest BCUT2D eigenvalue weighted by atomic mass is 10.0. The number of ether oxygens (including phenoxy) is 1. The predicted octanol–water partition coefficient (Wildman–Crippen LogP) is 3.62. The minimum atomic E-state index is 0.189. The number of H-pyrrole nitrogens is 1. The summed E-state index contributed by atoms with van der Waals surface area (Å²) in [6.45, 7) is 0.189. The Kier molecular flexibility index (Phi) is 5.06. The number of nitrogens with zero attached hydrogens (tertiary/aromatic N) is 5. The van der Waals surface area contributed by atoms with Crippen molar-refractivity contribution in [3.05, 3.63) is 66.5 Å². The second-order valence-corrected chi connectivity index (χ2v) is 6.35. The summed E-state index contributed by atoms with van der Waals surface area (Å²) in [7, 11) is 0. The highest BCUT2D eigenvalue weighted by atomic mass is 32.2. The van der Waals surface area contributed by atoms with Crippen LogP contribution in [0.1, 0.15) is 5.82 Å². The number of rotatable bonds is 6. The first-order valence-electron chi connectivity index (χ1n) is 8.27. The molecule has 1 N–H and O–H groups in total. The highest BCUT2D eigenvalue weighted by molar-refractivity contribution is 7.98. The number of nitrogens with one attached hydrogen (secondary N) is 1. The molecule has 0 atom stereocenters. The zero-order valence-corrected chi connectivity index (χ0v) is 15.3. The maximum Gasteiger partial charge on any atom is 0.336 e. The summed E-state index contributed by atoms with van der Waals surface area (Å²) in [5.41, 5.74) is 3.32. The molecule has 134 valence electrons. The van der Waals surface area contributed by atoms with E-state index in [1.165, 1.54) is 11.8 Å². The monoisotopic (exact) mass is 376 g/mol. The van der Waals surface area contributed by atoms with Crippen molar-refractivity contribution < 1.29 is 4.74 Å². The first-order chi connectivity index (χ1) is 13.3. The summed E-state index contributed by atoms with van der Waals surface area (Å²) in [5, 5.41) is 16.1. The summed E-state index contributed by atoms with van der Waals surface area (Å²) in [6, 6.07) is 19.9. The average Bonchev–Trinajstić information content (AvgIpc) is 3.21. The van der Waals surface area contributed by atoms with Gasteiger partial charge in [-0.1, -0.05) is 77.5 Å². The van der Waals surface area contributed by atoms with Crippen LogP contribution < -0.4 is 4.74 Å². The molecule has 0 fully saturated rings. The normalized spacial score (nSPS) is 10.7. The van der Waals surface area contributed by atoms with E-state index < -0.39 is 0 Å². The molecule has 2 aromatic heterocycles. The lowest BCUT2D eigenvalue weighted by molar-refractivity contribution is 0.268. The molecule has 0 aliphatic carbocycles. The van der Waals surface area contributed by atoms with E-state index >= 15 is 0 Å². The minimum absolute atomic E-state index is 0.189. The fraction of sp³-hybridized carbons (Fsp3) is 0.105. The zero-order valence-electron chi connectivity index (χ0n) is 14.5. The van der Waals surface area contributed by atoms with E-state index in [4.69, 9.17) is 4.74 Å². The molecule has 0 unspecified atom stereocenters. The van der Waals surface area contributed by atoms with E-state index in [0.29, 0.717) is 22.4 Å². The smallest absolute Gasteiger partial charge is 0.336 e. The van der Waals surface area contributed by atoms with Gasteiger partial charge in [0.2, 0.25) is 5.16 Å². The molecule has 0 aliphatic heterocycles. The van der Waals surface area contributed by atoms with Crippen LogP contribution in [0.5, 0.6) is 6.01 Å². The maximum absolute atomic E-state index is 5.68. The van der Waals surface area contributed by atoms with Gasteiger partial charge in [0.1, 0.15) is 11.4 Å². The van der Waals surface area contributed by atoms with Crippen molar-refractivity contribution in [2.45, 2.75) is 11.8 Å². The summed E-state index contributed by atoms with van der Waals surface area (Å²) >= 11 is 1.46. The van der Waals surface area contributed by atoms with Gasteiger partial charge in [-0.3, -0.25) is 5.10 Å². The van der Waals surface area contributed by atoms with Crippen LogP contribution in [0, 0.1) is 0 Å². The van der Waals surface area contributed by atoms with Gasteiger partial charge in [-0.25, -0.2) is 4.98 Å². The van der Waals surface area contributed by atoms with Crippen LogP contribution in [0.4, 0.5) is 0 Å². The molecule has 27 heavy (non-hydrogen) atoms. The van der Waals surface area contributed by atoms with Gasteiger partial charge in [0.25, 0.3) is 0 Å². The molecule has 2 heterocycles. The lowest BCUT2D eigenvalue weighted by Gasteiger charge is -2.09. The van der Waals surface area contributed by atoms with Gasteiger partial charge in [0.15, 0.2) is 12.4 Å². The molecule has 0 bridgehead atoms. The molecule has 0 aliphatic rings. The van der Waals surface area contributed by atoms with E-state index in [0.717, 1.165) is 11.1 Å². The summed E-state index contributed by atoms with van der Waals surface area (Å²) in [4.78, 5) is 8.88. The number of hydrogen-bond donors (Lipinski definition) is 1. The molecule has 4 rings (SSSR count). The molecular formula is C19H16N6OS. The zero-order chi connectivity index (χ0) is 18.5. The number of aromatic amines is 1. The Morgan fingerprint density at radius 3 is 2.15 bits per heavy atom. The Balaban J connectivity index is 1.66. The van der Waals surface area contributed by atoms with Crippen molar-refractivity contribution in [2.75, 3.05) is 6.26 Å². The molecular weight excluding hydrogens is 360 g/mol. The quantitative estimate of drug-likeness (QED) is 0.514. The molecule has 0 saturated heterocycles. The maximum atomic E-state index is 5.68. The van der Waals surface area contributed by atoms with Gasteiger partial charge >= 0.3 is 6.01 Å². The first kappa shape index (κ1) is 17.2. The van der Waals surface area contributed by atoms with Gasteiger partial charge in [-0.2, -0.15) is 4.98 Å². The third kappa shape index (κ3) is 3.95. The Morgan fingerprint density at radius 2 is 1.52 bits per heavy atom. The second kappa shape index (κ2) is 7.96. The SMILES string of the molecule is CSc1n[nH]c(COc2nnc(-c3ccccc3)c(-c3ccccc3)n2)n1. The van der Waals surface area contributed by atoms with Gasteiger partial charge in [-0.05, 0) is 6.26 Å². The standard InChI is InChI=1S/C19H16N6OS/c1-27-19-20-15(22-25-19)12-26-18-21-16(13-8-4-2-5-9-13)17(23-24-18)14-10-6-3-7-11-14/h2-11H,12H2,1H3,(H,20,22,25). The molecule has 8 heteroatoms. The van der Waals surface area contributed by atoms with Crippen molar-refractivity contribution in [2.24, 2.45) is 0 Å². The third-order valence-corrected chi connectivity index (χ3v) is 4.34. The van der Waals surface area contributed by atoms with Crippen LogP contribution in [0.25, 0.3) is 22.5 Å². The Labute approximate surface area is 160 Å². The van der Waals surface area contributed by atoms with Crippen molar-refractivity contribution in [3.8, 4) is 28.5 Å². The number of aromatic nitrogens is 6. The van der Waals surface area contributed by atoms with Crippen LogP contribution in [0.3, 0.4) is 0 Å². The highest BCUT2D eigenvalue weighted by Gasteiger charge is 2.14. The van der Waals surface area contributed by atoms with Gasteiger partial charge < -0.3 is 4.74 Å². The predicted molar refractivity (Wildman–Crippen MR) is 103 cm³/mol. The van der Waals surface area contributed by atoms with E-state index in [1.54, 1.807) is 0 Å². The largest absolute Gasteiger partial charge is 0.454 e. The molecule has 2 aromatic carbocycles. The highest BCUT2D eigenvalue weighted by Crippen LogP contribution is 2.29. The van der Waals surface area contributed by atoms with Crippen LogP contribution >= 0.6 is 11.8 Å². The van der Waals surface area contributed by atoms with Crippen molar-refractivity contribution in [1.29, 1.82) is 0 Å². The molecule has 4 aromatic rings. The third-order valence-electron chi connectivity index (χ3n) is 3.79. The van der Waals surface area contributed by atoms with Crippen molar-refractivity contribution >= 4 is 11.8 Å². The Hall–Kier alpha value is -3.26. The van der Waals surface area contributed by atoms with Crippen molar-refractivity contribution in [1.82, 2.24) is 30.4 Å². The number of thioether (sulfide) groups is 1. The minimum Gasteiger partial charge on any atom is -0.454 e. The van der Waals surface area contributed by atoms with Crippen LogP contribution in [-0.2, 0) is 6.61 Å². The Morgan fingerprint density at radius 1 is 0.852 bits per heavy atom. The topological polar surface area (TPSA) is 89.5 Å². The van der Waals surface area contributed by atoms with Gasteiger partial charge in [-0.15, -0.1) is 10.2 Å². The number of hydrogen-bond acceptors (Lipinski definition) is 7. The fourth-order valence-electron chi connectivity index (χ4n) is 2.53. The summed E-state index contributed by atoms with van der Waals surface area (Å²) in [5.74, 6) is 0.608. The van der Waals surface area contributed by atoms with Gasteiger partial charge in [0, 0.05) is 11.1 Å². The van der Waals surface area contributed by atoms with Gasteiger partial charge in [0.05, 0.1) is 0 Å². The van der Waals surface area contributed by atoms with E-state index in [2.05, 4.69) is 30.4 Å². The van der Waals surface area contributed by atoms with Crippen LogP contribution in [-0.4, -0.2) is 36.6 Å². The average molecular weight is 376 g/mol. The van der Waals surface area contributed by atoms with E-state index in [9.17, 15) is 0 Å². The fourth-order valence-corrected chi connectivity index (χ4v) is 2.86. The summed E-state index contributed by atoms with van der Waals surface area (Å²) < 4.78 is 5.68. The van der Waals surface area contributed by atoms with E-state index in [-0.39, 0.29) is 12.6 Å². The Bertz CT molecular complexity index is 1020. The van der Waals surface area contributed by atoms with E-state index in [1.807, 2.05) is 66.9 Å². The van der Waals surface area contributed by atoms with Crippen LogP contribution in [0.15, 0.2) is 65.8 Å². The van der Waals surface area contributed by atoms with Crippen molar-refractivity contribution in [3.63, 3.8) is 0 Å². The van der Waals surface area contributed by atoms with Crippen LogP contribution in [0.2, 0.25) is 0 Å². The molecule has 0 saturated carbocycles. The lowest BCUT2D eigenvalue weighted by Crippen LogP contribution is -2.05. The molecule has 7 nitrogen and oxygen atoms in total. The molecule has 0 spiro atoms. The summed E-state index contributed by atoms with van der Waals surface area (Å²) in [6.07, 6.45) is 1.91. The second-order valence-electron chi connectivity index (χ2n) is 5.58. The molecule has 0 amide bonds. The first-order valence-corrected chi connectivity index (χ1v) is 9.49.